The SMILES string of the molecule is Cc1oc(CN(C)C(=O)COc2ccc(C(F)(F)F)cc2)cc1C(=O)O. The van der Waals surface area contributed by atoms with E-state index < -0.39 is 23.6 Å². The van der Waals surface area contributed by atoms with E-state index >= 15 is 0 Å². The average molecular weight is 371 g/mol. The molecule has 1 amide bonds. The second-order valence-electron chi connectivity index (χ2n) is 5.55. The number of aromatic carboxylic acids is 1. The summed E-state index contributed by atoms with van der Waals surface area (Å²) in [5.41, 5.74) is -0.794. The van der Waals surface area contributed by atoms with Crippen LogP contribution < -0.4 is 4.74 Å². The van der Waals surface area contributed by atoms with Crippen LogP contribution in [0.15, 0.2) is 34.7 Å². The van der Waals surface area contributed by atoms with Gasteiger partial charge in [0, 0.05) is 7.05 Å². The Morgan fingerprint density at radius 3 is 2.35 bits per heavy atom. The lowest BCUT2D eigenvalue weighted by molar-refractivity contribution is -0.137. The first kappa shape index (κ1) is 19.4. The number of likely N-dealkylation sites (N-methyl/N-ethyl adjacent to an activating group) is 1. The summed E-state index contributed by atoms with van der Waals surface area (Å²) in [5.74, 6) is -0.922. The summed E-state index contributed by atoms with van der Waals surface area (Å²) >= 11 is 0. The molecule has 26 heavy (non-hydrogen) atoms. The molecule has 0 spiro atoms. The molecule has 0 saturated heterocycles. The number of nitrogens with zero attached hydrogens (tertiary/aromatic N) is 1. The first-order valence-corrected chi connectivity index (χ1v) is 7.44. The highest BCUT2D eigenvalue weighted by Gasteiger charge is 2.30. The maximum Gasteiger partial charge on any atom is 0.416 e. The maximum atomic E-state index is 12.5. The zero-order valence-corrected chi connectivity index (χ0v) is 14.0. The molecule has 0 unspecified atom stereocenters. The molecule has 0 saturated carbocycles. The number of carboxylic acids is 1. The van der Waals surface area contributed by atoms with E-state index in [1.807, 2.05) is 0 Å². The first-order chi connectivity index (χ1) is 12.1. The number of carboxylic acid groups (broad SMARTS) is 1. The lowest BCUT2D eigenvalue weighted by atomic mass is 10.2. The molecule has 0 aliphatic rings. The van der Waals surface area contributed by atoms with E-state index in [2.05, 4.69) is 0 Å². The molecule has 0 aliphatic heterocycles. The van der Waals surface area contributed by atoms with E-state index in [1.165, 1.54) is 24.9 Å². The predicted molar refractivity (Wildman–Crippen MR) is 83.8 cm³/mol. The van der Waals surface area contributed by atoms with Gasteiger partial charge in [0.1, 0.15) is 22.8 Å². The highest BCUT2D eigenvalue weighted by molar-refractivity contribution is 5.88. The maximum absolute atomic E-state index is 12.5. The number of carbonyl (C=O) groups excluding carboxylic acids is 1. The van der Waals surface area contributed by atoms with Crippen molar-refractivity contribution in [3.63, 3.8) is 0 Å². The van der Waals surface area contributed by atoms with Crippen molar-refractivity contribution in [1.82, 2.24) is 4.90 Å². The monoisotopic (exact) mass is 371 g/mol. The fraction of sp³-hybridized carbons (Fsp3) is 0.294. The second-order valence-corrected chi connectivity index (χ2v) is 5.55. The molecule has 0 bridgehead atoms. The Labute approximate surface area is 146 Å². The fourth-order valence-electron chi connectivity index (χ4n) is 2.15. The van der Waals surface area contributed by atoms with Gasteiger partial charge in [0.25, 0.3) is 5.91 Å². The van der Waals surface area contributed by atoms with Gasteiger partial charge in [-0.1, -0.05) is 0 Å². The van der Waals surface area contributed by atoms with Crippen molar-refractivity contribution in [1.29, 1.82) is 0 Å². The van der Waals surface area contributed by atoms with Crippen molar-refractivity contribution >= 4 is 11.9 Å². The smallest absolute Gasteiger partial charge is 0.416 e. The molecule has 0 aliphatic carbocycles. The number of carbonyl (C=O) groups is 2. The minimum absolute atomic E-state index is 0.0156. The molecule has 0 fully saturated rings. The predicted octanol–water partition coefficient (Wildman–Crippen LogP) is 3.34. The van der Waals surface area contributed by atoms with Crippen molar-refractivity contribution in [2.75, 3.05) is 13.7 Å². The highest BCUT2D eigenvalue weighted by atomic mass is 19.4. The molecule has 140 valence electrons. The van der Waals surface area contributed by atoms with E-state index in [4.69, 9.17) is 14.3 Å². The van der Waals surface area contributed by atoms with Gasteiger partial charge in [-0.3, -0.25) is 4.79 Å². The third-order valence-electron chi connectivity index (χ3n) is 3.56. The Morgan fingerprint density at radius 2 is 1.85 bits per heavy atom. The molecule has 2 aromatic rings. The fourth-order valence-corrected chi connectivity index (χ4v) is 2.15. The number of furan rings is 1. The van der Waals surface area contributed by atoms with E-state index in [9.17, 15) is 22.8 Å². The molecule has 0 radical (unpaired) electrons. The van der Waals surface area contributed by atoms with Crippen LogP contribution in [0, 0.1) is 6.92 Å². The number of amides is 1. The highest BCUT2D eigenvalue weighted by Crippen LogP contribution is 2.30. The average Bonchev–Trinajstić information content (AvgIpc) is 2.92. The van der Waals surface area contributed by atoms with Crippen molar-refractivity contribution in [3.8, 4) is 5.75 Å². The zero-order chi connectivity index (χ0) is 19.5. The van der Waals surface area contributed by atoms with Crippen LogP contribution in [0.1, 0.15) is 27.4 Å². The molecule has 6 nitrogen and oxygen atoms in total. The molecule has 9 heteroatoms. The van der Waals surface area contributed by atoms with E-state index in [0.717, 1.165) is 24.3 Å². The third-order valence-corrected chi connectivity index (χ3v) is 3.56. The number of halogens is 3. The van der Waals surface area contributed by atoms with Gasteiger partial charge in [-0.2, -0.15) is 13.2 Å². The van der Waals surface area contributed by atoms with Gasteiger partial charge < -0.3 is 19.2 Å². The Balaban J connectivity index is 1.91. The van der Waals surface area contributed by atoms with Crippen LogP contribution >= 0.6 is 0 Å². The summed E-state index contributed by atoms with van der Waals surface area (Å²) in [6.07, 6.45) is -4.44. The summed E-state index contributed by atoms with van der Waals surface area (Å²) in [4.78, 5) is 24.3. The molecular formula is C17H16F3NO5. The van der Waals surface area contributed by atoms with Crippen LogP contribution in [0.4, 0.5) is 13.2 Å². The van der Waals surface area contributed by atoms with Crippen LogP contribution in [0.25, 0.3) is 0 Å². The summed E-state index contributed by atoms with van der Waals surface area (Å²) in [6.45, 7) is 1.15. The number of rotatable bonds is 6. The molecule has 1 aromatic heterocycles. The summed E-state index contributed by atoms with van der Waals surface area (Å²) in [7, 11) is 1.47. The van der Waals surface area contributed by atoms with Crippen LogP contribution in [0.5, 0.6) is 5.75 Å². The van der Waals surface area contributed by atoms with Gasteiger partial charge in [0.15, 0.2) is 6.61 Å². The van der Waals surface area contributed by atoms with E-state index in [-0.39, 0.29) is 30.2 Å². The number of ether oxygens (including phenoxy) is 1. The lowest BCUT2D eigenvalue weighted by Crippen LogP contribution is -2.30. The van der Waals surface area contributed by atoms with Crippen molar-refractivity contribution in [3.05, 3.63) is 53.0 Å². The number of alkyl halides is 3. The van der Waals surface area contributed by atoms with Crippen LogP contribution in [0.2, 0.25) is 0 Å². The van der Waals surface area contributed by atoms with Crippen LogP contribution in [-0.2, 0) is 17.5 Å². The number of hydrogen-bond acceptors (Lipinski definition) is 4. The second kappa shape index (κ2) is 7.51. The van der Waals surface area contributed by atoms with Gasteiger partial charge in [0.05, 0.1) is 12.1 Å². The largest absolute Gasteiger partial charge is 0.484 e. The first-order valence-electron chi connectivity index (χ1n) is 7.44. The molecule has 1 heterocycles. The van der Waals surface area contributed by atoms with Gasteiger partial charge in [-0.15, -0.1) is 0 Å². The topological polar surface area (TPSA) is 80.0 Å². The van der Waals surface area contributed by atoms with Gasteiger partial charge in [-0.05, 0) is 37.3 Å². The Morgan fingerprint density at radius 1 is 1.23 bits per heavy atom. The quantitative estimate of drug-likeness (QED) is 0.842. The lowest BCUT2D eigenvalue weighted by Gasteiger charge is -2.16. The van der Waals surface area contributed by atoms with Crippen molar-refractivity contribution in [2.45, 2.75) is 19.6 Å². The Hall–Kier alpha value is -2.97. The minimum Gasteiger partial charge on any atom is -0.484 e. The summed E-state index contributed by atoms with van der Waals surface area (Å²) < 4.78 is 47.9. The molecule has 2 rings (SSSR count). The third kappa shape index (κ3) is 4.78. The standard InChI is InChI=1S/C17H16F3NO5/c1-10-14(16(23)24)7-13(26-10)8-21(2)15(22)9-25-12-5-3-11(4-6-12)17(18,19)20/h3-7H,8-9H2,1-2H3,(H,23,24). The molecular weight excluding hydrogens is 355 g/mol. The Kier molecular flexibility index (Phi) is 5.59. The molecule has 0 atom stereocenters. The van der Waals surface area contributed by atoms with Gasteiger partial charge in [-0.25, -0.2) is 4.79 Å². The van der Waals surface area contributed by atoms with Crippen molar-refractivity contribution in [2.24, 2.45) is 0 Å². The molecule has 1 aromatic carbocycles. The number of benzene rings is 1. The van der Waals surface area contributed by atoms with Crippen LogP contribution in [0.3, 0.4) is 0 Å². The van der Waals surface area contributed by atoms with Gasteiger partial charge in [0.2, 0.25) is 0 Å². The van der Waals surface area contributed by atoms with Crippen LogP contribution in [-0.4, -0.2) is 35.5 Å². The van der Waals surface area contributed by atoms with Crippen molar-refractivity contribution < 1.29 is 37.0 Å². The summed E-state index contributed by atoms with van der Waals surface area (Å²) in [6, 6.07) is 5.32. The molecule has 1 N–H and O–H groups in total. The van der Waals surface area contributed by atoms with Gasteiger partial charge >= 0.3 is 12.1 Å². The number of hydrogen-bond donors (Lipinski definition) is 1. The summed E-state index contributed by atoms with van der Waals surface area (Å²) in [5, 5.41) is 8.97. The Bertz CT molecular complexity index is 796. The van der Waals surface area contributed by atoms with E-state index in [1.54, 1.807) is 0 Å². The zero-order valence-electron chi connectivity index (χ0n) is 14.0. The minimum atomic E-state index is -4.44. The number of aryl methyl sites for hydroxylation is 1. The normalized spacial score (nSPS) is 11.3. The van der Waals surface area contributed by atoms with E-state index in [0.29, 0.717) is 5.76 Å².